The highest BCUT2D eigenvalue weighted by Gasteiger charge is 2.64. The van der Waals surface area contributed by atoms with E-state index < -0.39 is 12.0 Å². The summed E-state index contributed by atoms with van der Waals surface area (Å²) in [5.41, 5.74) is 0. The van der Waals surface area contributed by atoms with Crippen LogP contribution in [0.3, 0.4) is 0 Å². The lowest BCUT2D eigenvalue weighted by Gasteiger charge is -2.10. The summed E-state index contributed by atoms with van der Waals surface area (Å²) in [6.07, 6.45) is 6.40. The Morgan fingerprint density at radius 3 is 2.83 bits per heavy atom. The summed E-state index contributed by atoms with van der Waals surface area (Å²) in [4.78, 5) is 21.8. The van der Waals surface area contributed by atoms with Gasteiger partial charge in [0.05, 0.1) is 0 Å². The average Bonchev–Trinajstić information content (AvgIpc) is 2.72. The molecule has 0 aromatic rings. The Morgan fingerprint density at radius 2 is 2.33 bits per heavy atom. The maximum Gasteiger partial charge on any atom is 0.369 e. The Kier molecular flexibility index (Phi) is 1.23. The number of aliphatic carboxylic acids is 1. The summed E-state index contributed by atoms with van der Waals surface area (Å²) in [5, 5.41) is 8.66. The first-order valence-electron chi connectivity index (χ1n) is 3.67. The minimum atomic E-state index is -0.900. The lowest BCUT2D eigenvalue weighted by atomic mass is 10.3. The minimum absolute atomic E-state index is 0.0220. The molecule has 1 amide bonds. The Labute approximate surface area is 69.0 Å². The normalized spacial score (nSPS) is 37.3. The van der Waals surface area contributed by atoms with E-state index in [1.54, 1.807) is 18.4 Å². The fourth-order valence-electron chi connectivity index (χ4n) is 1.48. The molecule has 62 valence electrons. The molecule has 0 bridgehead atoms. The Bertz CT molecular complexity index is 318. The lowest BCUT2D eigenvalue weighted by molar-refractivity contribution is -0.667. The van der Waals surface area contributed by atoms with Crippen molar-refractivity contribution in [1.29, 1.82) is 0 Å². The summed E-state index contributed by atoms with van der Waals surface area (Å²) >= 11 is 0. The third kappa shape index (κ3) is 0.753. The third-order valence-electron chi connectivity index (χ3n) is 2.29. The monoisotopic (exact) mass is 166 g/mol. The number of carbonyl (C=O) groups excluding carboxylic acids is 1. The maximum atomic E-state index is 11.3. The molecule has 1 saturated heterocycles. The number of rotatable bonds is 1. The van der Waals surface area contributed by atoms with Crippen molar-refractivity contribution >= 4 is 11.9 Å². The molecule has 2 aliphatic heterocycles. The molecular weight excluding hydrogens is 158 g/mol. The number of carboxylic acid groups (broad SMARTS) is 1. The zero-order valence-electron chi connectivity index (χ0n) is 6.30. The van der Waals surface area contributed by atoms with E-state index in [0.717, 1.165) is 0 Å². The van der Waals surface area contributed by atoms with Crippen molar-refractivity contribution in [1.82, 2.24) is 0 Å². The number of hydrogen-bond donors (Lipinski definition) is 1. The van der Waals surface area contributed by atoms with E-state index in [2.05, 4.69) is 0 Å². The van der Waals surface area contributed by atoms with Crippen LogP contribution in [-0.2, 0) is 9.59 Å². The van der Waals surface area contributed by atoms with Crippen LogP contribution in [0.5, 0.6) is 0 Å². The molecule has 2 unspecified atom stereocenters. The molecule has 12 heavy (non-hydrogen) atoms. The van der Waals surface area contributed by atoms with E-state index >= 15 is 0 Å². The summed E-state index contributed by atoms with van der Waals surface area (Å²) < 4.78 is -0.0220. The van der Waals surface area contributed by atoms with Gasteiger partial charge in [-0.05, 0) is 12.2 Å². The van der Waals surface area contributed by atoms with Crippen molar-refractivity contribution in [2.45, 2.75) is 6.04 Å². The van der Waals surface area contributed by atoms with Gasteiger partial charge in [-0.1, -0.05) is 0 Å². The van der Waals surface area contributed by atoms with Crippen LogP contribution in [0.2, 0.25) is 0 Å². The minimum Gasteiger partial charge on any atom is -0.477 e. The standard InChI is InChI=1S/C8H7NO3/c10-7-3-1-2-4-9(7)5-6(9)8(11)12/h1-4,6H,5H2/p+1. The Balaban J connectivity index is 2.26. The number of quaternary nitrogens is 1. The summed E-state index contributed by atoms with van der Waals surface area (Å²) in [5.74, 6) is -1.03. The van der Waals surface area contributed by atoms with E-state index in [1.807, 2.05) is 0 Å². The van der Waals surface area contributed by atoms with Crippen LogP contribution in [0.25, 0.3) is 0 Å². The second-order valence-corrected chi connectivity index (χ2v) is 3.01. The van der Waals surface area contributed by atoms with Gasteiger partial charge in [-0.25, -0.2) is 14.1 Å². The highest BCUT2D eigenvalue weighted by molar-refractivity contribution is 5.89. The SMILES string of the molecule is O=C(O)C1C[N+]12C=CC=CC2=O. The van der Waals surface area contributed by atoms with Gasteiger partial charge in [-0.2, -0.15) is 0 Å². The van der Waals surface area contributed by atoms with Crippen molar-refractivity contribution in [3.8, 4) is 0 Å². The van der Waals surface area contributed by atoms with Gasteiger partial charge in [0.2, 0.25) is 6.04 Å². The maximum absolute atomic E-state index is 11.3. The van der Waals surface area contributed by atoms with Crippen molar-refractivity contribution < 1.29 is 19.2 Å². The van der Waals surface area contributed by atoms with Gasteiger partial charge in [0.25, 0.3) is 0 Å². The smallest absolute Gasteiger partial charge is 0.369 e. The highest BCUT2D eigenvalue weighted by atomic mass is 16.4. The molecule has 2 aliphatic rings. The number of amides is 1. The molecule has 1 fully saturated rings. The molecule has 0 aromatic carbocycles. The van der Waals surface area contributed by atoms with E-state index in [1.165, 1.54) is 6.08 Å². The van der Waals surface area contributed by atoms with Crippen LogP contribution >= 0.6 is 0 Å². The molecular formula is C8H8NO3+. The topological polar surface area (TPSA) is 54.4 Å². The molecule has 1 spiro atoms. The van der Waals surface area contributed by atoms with E-state index in [-0.39, 0.29) is 10.4 Å². The first-order chi connectivity index (χ1) is 5.67. The zero-order valence-corrected chi connectivity index (χ0v) is 6.30. The fourth-order valence-corrected chi connectivity index (χ4v) is 1.48. The van der Waals surface area contributed by atoms with E-state index in [9.17, 15) is 9.59 Å². The summed E-state index contributed by atoms with van der Waals surface area (Å²) in [7, 11) is 0. The summed E-state index contributed by atoms with van der Waals surface area (Å²) in [6.45, 7) is 0.398. The van der Waals surface area contributed by atoms with Crippen LogP contribution in [0, 0.1) is 0 Å². The van der Waals surface area contributed by atoms with Crippen molar-refractivity contribution in [3.63, 3.8) is 0 Å². The van der Waals surface area contributed by atoms with E-state index in [0.29, 0.717) is 6.54 Å². The Morgan fingerprint density at radius 1 is 1.58 bits per heavy atom. The van der Waals surface area contributed by atoms with Gasteiger partial charge in [-0.15, -0.1) is 0 Å². The first kappa shape index (κ1) is 7.24. The summed E-state index contributed by atoms with van der Waals surface area (Å²) in [6, 6.07) is -0.557. The molecule has 2 atom stereocenters. The van der Waals surface area contributed by atoms with Crippen molar-refractivity contribution in [3.05, 3.63) is 24.4 Å². The van der Waals surface area contributed by atoms with Crippen molar-refractivity contribution in [2.24, 2.45) is 0 Å². The molecule has 4 nitrogen and oxygen atoms in total. The molecule has 4 heteroatoms. The molecule has 2 heterocycles. The van der Waals surface area contributed by atoms with Crippen LogP contribution in [-0.4, -0.2) is 34.1 Å². The van der Waals surface area contributed by atoms with Crippen LogP contribution in [0.1, 0.15) is 0 Å². The van der Waals surface area contributed by atoms with Gasteiger partial charge in [0.15, 0.2) is 6.54 Å². The van der Waals surface area contributed by atoms with Gasteiger partial charge in [0.1, 0.15) is 6.20 Å². The second-order valence-electron chi connectivity index (χ2n) is 3.01. The molecule has 2 rings (SSSR count). The van der Waals surface area contributed by atoms with Gasteiger partial charge in [0, 0.05) is 6.08 Å². The molecule has 0 aromatic heterocycles. The number of carboxylic acids is 1. The first-order valence-corrected chi connectivity index (χ1v) is 3.67. The molecule has 1 N–H and O–H groups in total. The van der Waals surface area contributed by atoms with Crippen LogP contribution < -0.4 is 0 Å². The van der Waals surface area contributed by atoms with Gasteiger partial charge in [-0.3, -0.25) is 0 Å². The second kappa shape index (κ2) is 2.04. The number of carbonyl (C=O) groups is 2. The quantitative estimate of drug-likeness (QED) is 0.436. The largest absolute Gasteiger partial charge is 0.477 e. The predicted octanol–water partition coefficient (Wildman–Crippen LogP) is -0.120. The average molecular weight is 166 g/mol. The van der Waals surface area contributed by atoms with Gasteiger partial charge < -0.3 is 5.11 Å². The van der Waals surface area contributed by atoms with Crippen LogP contribution in [0.15, 0.2) is 24.4 Å². The van der Waals surface area contributed by atoms with Crippen molar-refractivity contribution in [2.75, 3.05) is 6.54 Å². The van der Waals surface area contributed by atoms with E-state index in [4.69, 9.17) is 5.11 Å². The van der Waals surface area contributed by atoms with Gasteiger partial charge >= 0.3 is 11.9 Å². The number of hydrogen-bond acceptors (Lipinski definition) is 2. The Hall–Kier alpha value is -1.42. The third-order valence-corrected chi connectivity index (χ3v) is 2.29. The zero-order chi connectivity index (χ0) is 8.77. The highest BCUT2D eigenvalue weighted by Crippen LogP contribution is 2.34. The number of nitrogens with zero attached hydrogens (tertiary/aromatic N) is 1. The predicted molar refractivity (Wildman–Crippen MR) is 39.8 cm³/mol. The number of allylic oxidation sites excluding steroid dienone is 2. The molecule has 0 radical (unpaired) electrons. The fraction of sp³-hybridized carbons (Fsp3) is 0.250. The lowest BCUT2D eigenvalue weighted by Crippen LogP contribution is -2.33. The molecule has 0 aliphatic carbocycles. The molecule has 0 saturated carbocycles. The van der Waals surface area contributed by atoms with Crippen LogP contribution in [0.4, 0.5) is 0 Å².